The number of benzene rings is 3. The van der Waals surface area contributed by atoms with Gasteiger partial charge in [-0.15, -0.1) is 0 Å². The normalized spacial score (nSPS) is 15.8. The zero-order chi connectivity index (χ0) is 68.8. The molecule has 0 radical (unpaired) electrons. The van der Waals surface area contributed by atoms with E-state index in [0.29, 0.717) is 11.4 Å². The standard InChI is InChI=1S/2C20H23BCl2N2O9.C14H19BCl2N2O4/c1-10(2)5-14(21-33-17(29)8-20(34-21,19(31)32)7-16(27)28)25-15(26)9-24-18(30)12-6-11(22)3-4-13(12)23;1-10(2)5-14(21-33-19(32)20(34-21,7-16(27)28)8-17(29)30)25-15(26)9-24-18(31)12-6-11(22)3-4-13(12)23;1-8(2)5-12(15(22)23)19-13(20)7-18-14(21)10-6-9(16)3-4-11(10)17/h3-4,6,10,14H,5,7-9H2,1-2H3,(H,24,30)(H,25,26)(H,27,28)(H,31,32);3-4,6,10,14H,5,7-9H2,1-2H3,(H,24,31)(H,25,26)(H,27,28)(H,29,30);3-4,6,8,12,22-23H,5,7H2,1-2H3,(H,18,21)(H,19,20)/t14-,20?;14-;12-/m000/s1. The highest BCUT2D eigenvalue weighted by molar-refractivity contribution is 6.52. The van der Waals surface area contributed by atoms with Gasteiger partial charge in [-0.3, -0.25) is 52.7 Å². The number of rotatable bonds is 28. The van der Waals surface area contributed by atoms with E-state index in [-0.39, 0.29) is 78.9 Å². The number of carboxylic acid groups (broad SMARTS) is 4. The van der Waals surface area contributed by atoms with Crippen LogP contribution >= 0.6 is 69.6 Å². The topological polar surface area (TPSA) is 435 Å². The third-order valence-corrected chi connectivity index (χ3v) is 14.3. The van der Waals surface area contributed by atoms with Gasteiger partial charge >= 0.3 is 51.2 Å². The first-order valence-electron chi connectivity index (χ1n) is 27.4. The maximum atomic E-state index is 12.5. The smallest absolute Gasteiger partial charge is 0.508 e. The maximum Gasteiger partial charge on any atom is 0.552 e. The van der Waals surface area contributed by atoms with Crippen LogP contribution in [0.25, 0.3) is 0 Å². The van der Waals surface area contributed by atoms with E-state index in [1.54, 1.807) is 19.9 Å². The Morgan fingerprint density at radius 2 is 0.868 bits per heavy atom. The van der Waals surface area contributed by atoms with E-state index in [2.05, 4.69) is 31.9 Å². The van der Waals surface area contributed by atoms with Crippen molar-refractivity contribution in [3.8, 4) is 0 Å². The Hall–Kier alpha value is -6.93. The lowest BCUT2D eigenvalue weighted by Crippen LogP contribution is -2.61. The van der Waals surface area contributed by atoms with E-state index in [4.69, 9.17) is 104 Å². The molecule has 5 rings (SSSR count). The summed E-state index contributed by atoms with van der Waals surface area (Å²) in [5.41, 5.74) is -4.28. The largest absolute Gasteiger partial charge is 0.552 e. The Morgan fingerprint density at radius 1 is 0.516 bits per heavy atom. The molecule has 1 unspecified atom stereocenters. The fourth-order valence-electron chi connectivity index (χ4n) is 8.67. The molecule has 12 N–H and O–H groups in total. The molecule has 2 saturated heterocycles. The summed E-state index contributed by atoms with van der Waals surface area (Å²) in [6.07, 6.45) is -2.79. The number of amides is 6. The van der Waals surface area contributed by atoms with Gasteiger partial charge in [0.25, 0.3) is 23.7 Å². The highest BCUT2D eigenvalue weighted by Crippen LogP contribution is 2.34. The molecule has 2 fully saturated rings. The first-order valence-corrected chi connectivity index (χ1v) is 29.7. The number of carbonyl (C=O) groups is 12. The number of carboxylic acids is 4. The molecule has 0 bridgehead atoms. The molecule has 91 heavy (non-hydrogen) atoms. The molecule has 2 aliphatic heterocycles. The highest BCUT2D eigenvalue weighted by Gasteiger charge is 2.58. The molecule has 6 amide bonds. The van der Waals surface area contributed by atoms with Crippen LogP contribution in [0.2, 0.25) is 30.1 Å². The second kappa shape index (κ2) is 36.4. The summed E-state index contributed by atoms with van der Waals surface area (Å²) < 4.78 is 21.2. The van der Waals surface area contributed by atoms with Crippen molar-refractivity contribution in [1.29, 1.82) is 0 Å². The van der Waals surface area contributed by atoms with E-state index in [0.717, 1.165) is 0 Å². The molecule has 0 aromatic heterocycles. The van der Waals surface area contributed by atoms with Gasteiger partial charge in [0.05, 0.1) is 94.9 Å². The molecule has 0 saturated carbocycles. The van der Waals surface area contributed by atoms with E-state index in [1.807, 2.05) is 27.7 Å². The van der Waals surface area contributed by atoms with Crippen molar-refractivity contribution in [2.75, 3.05) is 19.6 Å². The molecule has 4 atom stereocenters. The molecule has 28 nitrogen and oxygen atoms in total. The van der Waals surface area contributed by atoms with Crippen molar-refractivity contribution >= 4 is 162 Å². The third kappa shape index (κ3) is 25.9. The Balaban J connectivity index is 0.000000364. The van der Waals surface area contributed by atoms with E-state index in [9.17, 15) is 72.7 Å². The van der Waals surface area contributed by atoms with Crippen LogP contribution < -0.4 is 31.9 Å². The lowest BCUT2D eigenvalue weighted by atomic mass is 9.70. The summed E-state index contributed by atoms with van der Waals surface area (Å²) in [6.45, 7) is 9.75. The van der Waals surface area contributed by atoms with Gasteiger partial charge in [0.1, 0.15) is 0 Å². The van der Waals surface area contributed by atoms with Crippen molar-refractivity contribution in [2.24, 2.45) is 17.8 Å². The molecule has 494 valence electrons. The summed E-state index contributed by atoms with van der Waals surface area (Å²) in [5, 5.41) is 71.6. The molecule has 2 heterocycles. The Morgan fingerprint density at radius 3 is 1.20 bits per heavy atom. The van der Waals surface area contributed by atoms with E-state index in [1.165, 1.54) is 48.5 Å². The van der Waals surface area contributed by atoms with Crippen LogP contribution in [0, 0.1) is 17.8 Å². The first kappa shape index (κ1) is 78.3. The molecule has 37 heteroatoms. The fraction of sp³-hybridized carbons (Fsp3) is 0.444. The van der Waals surface area contributed by atoms with Gasteiger partial charge in [0.2, 0.25) is 17.7 Å². The maximum absolute atomic E-state index is 12.5. The average molecular weight is 1400 g/mol. The fourth-order valence-corrected chi connectivity index (χ4v) is 9.79. The van der Waals surface area contributed by atoms with Crippen LogP contribution in [-0.2, 0) is 61.8 Å². The number of nitrogens with one attached hydrogen (secondary N) is 6. The minimum absolute atomic E-state index is 0.0265. The molecule has 3 aromatic carbocycles. The van der Waals surface area contributed by atoms with Crippen molar-refractivity contribution in [1.82, 2.24) is 31.9 Å². The van der Waals surface area contributed by atoms with Crippen LogP contribution in [0.1, 0.15) is 118 Å². The molecular weight excluding hydrogens is 1330 g/mol. The van der Waals surface area contributed by atoms with Crippen molar-refractivity contribution < 1.29 is 107 Å². The van der Waals surface area contributed by atoms with Crippen LogP contribution in [0.4, 0.5) is 0 Å². The Labute approximate surface area is 552 Å². The van der Waals surface area contributed by atoms with Gasteiger partial charge in [0.15, 0.2) is 11.2 Å². The second-order valence-electron chi connectivity index (χ2n) is 21.8. The number of aliphatic carboxylic acids is 4. The number of halogens is 6. The highest BCUT2D eigenvalue weighted by atomic mass is 35.5. The van der Waals surface area contributed by atoms with Crippen molar-refractivity contribution in [2.45, 2.75) is 116 Å². The first-order chi connectivity index (χ1) is 42.3. The molecular formula is C54H65B3Cl6N6O22. The summed E-state index contributed by atoms with van der Waals surface area (Å²) in [6, 6.07) is 13.0. The lowest BCUT2D eigenvalue weighted by Gasteiger charge is -2.37. The predicted octanol–water partition coefficient (Wildman–Crippen LogP) is 4.35. The third-order valence-electron chi connectivity index (χ3n) is 12.6. The van der Waals surface area contributed by atoms with Gasteiger partial charge in [-0.05, 0) is 91.6 Å². The van der Waals surface area contributed by atoms with E-state index < -0.39 is 160 Å². The number of hydrogen-bond acceptors (Lipinski definition) is 18. The minimum atomic E-state index is -2.34. The van der Waals surface area contributed by atoms with Gasteiger partial charge in [-0.1, -0.05) is 111 Å². The molecule has 3 aromatic rings. The minimum Gasteiger partial charge on any atom is -0.508 e. The number of hydrogen-bond donors (Lipinski definition) is 12. The van der Waals surface area contributed by atoms with Crippen LogP contribution in [0.5, 0.6) is 0 Å². The number of carbonyl (C=O) groups excluding carboxylic acids is 8. The van der Waals surface area contributed by atoms with Crippen molar-refractivity contribution in [3.05, 3.63) is 101 Å². The van der Waals surface area contributed by atoms with Crippen LogP contribution in [0.3, 0.4) is 0 Å². The summed E-state index contributed by atoms with van der Waals surface area (Å²) in [5.74, 6) is -14.6. The summed E-state index contributed by atoms with van der Waals surface area (Å²) >= 11 is 35.4. The Kier molecular flexibility index (Phi) is 31.3. The van der Waals surface area contributed by atoms with Crippen LogP contribution in [0.15, 0.2) is 54.6 Å². The van der Waals surface area contributed by atoms with Gasteiger partial charge < -0.3 is 81.0 Å². The predicted molar refractivity (Wildman–Crippen MR) is 331 cm³/mol. The zero-order valence-corrected chi connectivity index (χ0v) is 54.0. The molecule has 0 aliphatic carbocycles. The van der Waals surface area contributed by atoms with Gasteiger partial charge in [0, 0.05) is 15.1 Å². The quantitative estimate of drug-likeness (QED) is 0.0449. The molecule has 0 spiro atoms. The van der Waals surface area contributed by atoms with Crippen LogP contribution in [-0.4, -0.2) is 172 Å². The lowest BCUT2D eigenvalue weighted by molar-refractivity contribution is -0.175. The van der Waals surface area contributed by atoms with Gasteiger partial charge in [-0.2, -0.15) is 0 Å². The SMILES string of the molecule is CC(C)C[C@H](NC(=O)CNC(=O)c1cc(Cl)ccc1Cl)B(O)O.CC(C)C[C@H](NC(=O)CNC(=O)c1cc(Cl)ccc1Cl)B1OC(=O)C(CC(=O)O)(CC(=O)O)O1.CC(C)C[C@H](NC(=O)CNC(=O)c1cc(Cl)ccc1Cl)B1OC(=O)CC(CC(=O)O)(C(=O)O)O1. The van der Waals surface area contributed by atoms with Gasteiger partial charge in [-0.25, -0.2) is 4.79 Å². The second-order valence-corrected chi connectivity index (χ2v) is 24.3. The monoisotopic (exact) mass is 1390 g/mol. The summed E-state index contributed by atoms with van der Waals surface area (Å²) in [7, 11) is -4.64. The molecule has 2 aliphatic rings. The van der Waals surface area contributed by atoms with E-state index >= 15 is 0 Å². The van der Waals surface area contributed by atoms with Crippen molar-refractivity contribution in [3.63, 3.8) is 0 Å². The summed E-state index contributed by atoms with van der Waals surface area (Å²) in [4.78, 5) is 144. The average Bonchev–Trinajstić information content (AvgIpc) is 1.79. The zero-order valence-electron chi connectivity index (χ0n) is 49.4. The Bertz CT molecular complexity index is 3150.